The molecule has 2 atom stereocenters. The molecule has 1 aliphatic heterocycles. The molecule has 1 N–H and O–H groups in total. The molecule has 1 heterocycles. The lowest BCUT2D eigenvalue weighted by atomic mass is 9.96. The molecule has 0 spiro atoms. The molecule has 18 heavy (non-hydrogen) atoms. The molecule has 5 heteroatoms. The molecule has 0 aromatic heterocycles. The number of halogens is 1. The Hall–Kier alpha value is -1.13. The molecule has 4 nitrogen and oxygen atoms in total. The SMILES string of the molecule is CCCC1NC(=O)C(CC(C)C)N(CCF)C1=O. The zero-order valence-electron chi connectivity index (χ0n) is 11.4. The molecule has 1 saturated heterocycles. The number of carbonyl (C=O) groups excluding carboxylic acids is 2. The van der Waals surface area contributed by atoms with E-state index in [1.807, 2.05) is 20.8 Å². The topological polar surface area (TPSA) is 49.4 Å². The van der Waals surface area contributed by atoms with Gasteiger partial charge in [0.05, 0.1) is 0 Å². The highest BCUT2D eigenvalue weighted by Gasteiger charge is 2.39. The van der Waals surface area contributed by atoms with Gasteiger partial charge in [0.1, 0.15) is 18.8 Å². The Morgan fingerprint density at radius 2 is 2.06 bits per heavy atom. The van der Waals surface area contributed by atoms with Crippen LogP contribution < -0.4 is 5.32 Å². The fourth-order valence-electron chi connectivity index (χ4n) is 2.35. The van der Waals surface area contributed by atoms with E-state index >= 15 is 0 Å². The standard InChI is InChI=1S/C13H23FN2O2/c1-4-5-10-13(18)16(7-6-14)11(8-9(2)3)12(17)15-10/h9-11H,4-8H2,1-3H3,(H,15,17). The van der Waals surface area contributed by atoms with Crippen LogP contribution in [0, 0.1) is 5.92 Å². The minimum atomic E-state index is -0.605. The number of carbonyl (C=O) groups is 2. The van der Waals surface area contributed by atoms with Crippen molar-refractivity contribution in [3.63, 3.8) is 0 Å². The smallest absolute Gasteiger partial charge is 0.245 e. The average Bonchev–Trinajstić information content (AvgIpc) is 2.30. The molecule has 0 aromatic carbocycles. The van der Waals surface area contributed by atoms with Crippen molar-refractivity contribution in [1.29, 1.82) is 0 Å². The predicted molar refractivity (Wildman–Crippen MR) is 67.8 cm³/mol. The van der Waals surface area contributed by atoms with E-state index in [2.05, 4.69) is 5.32 Å². The molecular formula is C13H23FN2O2. The van der Waals surface area contributed by atoms with Crippen molar-refractivity contribution >= 4 is 11.8 Å². The van der Waals surface area contributed by atoms with E-state index in [-0.39, 0.29) is 18.4 Å². The largest absolute Gasteiger partial charge is 0.343 e. The normalized spacial score (nSPS) is 24.6. The zero-order valence-corrected chi connectivity index (χ0v) is 11.4. The number of nitrogens with zero attached hydrogens (tertiary/aromatic N) is 1. The van der Waals surface area contributed by atoms with Crippen LogP contribution in [-0.4, -0.2) is 42.0 Å². The van der Waals surface area contributed by atoms with Gasteiger partial charge < -0.3 is 10.2 Å². The van der Waals surface area contributed by atoms with Crippen LogP contribution in [-0.2, 0) is 9.59 Å². The minimum absolute atomic E-state index is 0.0177. The van der Waals surface area contributed by atoms with Gasteiger partial charge in [-0.05, 0) is 18.8 Å². The number of piperazine rings is 1. The predicted octanol–water partition coefficient (Wildman–Crippen LogP) is 1.50. The van der Waals surface area contributed by atoms with Crippen LogP contribution >= 0.6 is 0 Å². The second kappa shape index (κ2) is 6.71. The van der Waals surface area contributed by atoms with E-state index in [9.17, 15) is 14.0 Å². The number of alkyl halides is 1. The van der Waals surface area contributed by atoms with Crippen molar-refractivity contribution in [1.82, 2.24) is 10.2 Å². The lowest BCUT2D eigenvalue weighted by Gasteiger charge is -2.39. The van der Waals surface area contributed by atoms with Gasteiger partial charge in [-0.2, -0.15) is 0 Å². The monoisotopic (exact) mass is 258 g/mol. The summed E-state index contributed by atoms with van der Waals surface area (Å²) in [4.78, 5) is 25.6. The molecule has 0 aliphatic carbocycles. The van der Waals surface area contributed by atoms with Gasteiger partial charge in [-0.15, -0.1) is 0 Å². The van der Waals surface area contributed by atoms with E-state index in [1.165, 1.54) is 4.90 Å². The first-order valence-electron chi connectivity index (χ1n) is 6.68. The number of nitrogens with one attached hydrogen (secondary N) is 1. The molecule has 1 aliphatic rings. The minimum Gasteiger partial charge on any atom is -0.343 e. The number of rotatable bonds is 6. The maximum atomic E-state index is 12.6. The summed E-state index contributed by atoms with van der Waals surface area (Å²) in [6.07, 6.45) is 2.01. The van der Waals surface area contributed by atoms with Crippen LogP contribution in [0.1, 0.15) is 40.0 Å². The third-order valence-corrected chi connectivity index (χ3v) is 3.17. The fourth-order valence-corrected chi connectivity index (χ4v) is 2.35. The molecular weight excluding hydrogens is 235 g/mol. The number of amides is 2. The van der Waals surface area contributed by atoms with Gasteiger partial charge in [0, 0.05) is 6.54 Å². The summed E-state index contributed by atoms with van der Waals surface area (Å²) >= 11 is 0. The summed E-state index contributed by atoms with van der Waals surface area (Å²) in [5.74, 6) is 0.00772. The molecule has 104 valence electrons. The first-order valence-corrected chi connectivity index (χ1v) is 6.68. The van der Waals surface area contributed by atoms with Crippen molar-refractivity contribution in [3.05, 3.63) is 0 Å². The zero-order chi connectivity index (χ0) is 13.7. The Morgan fingerprint density at radius 3 is 2.56 bits per heavy atom. The van der Waals surface area contributed by atoms with E-state index in [4.69, 9.17) is 0 Å². The van der Waals surface area contributed by atoms with Crippen LogP contribution in [0.3, 0.4) is 0 Å². The summed E-state index contributed by atoms with van der Waals surface area (Å²) in [5.41, 5.74) is 0. The summed E-state index contributed by atoms with van der Waals surface area (Å²) in [7, 11) is 0. The van der Waals surface area contributed by atoms with Gasteiger partial charge in [0.2, 0.25) is 11.8 Å². The highest BCUT2D eigenvalue weighted by molar-refractivity contribution is 5.96. The van der Waals surface area contributed by atoms with Gasteiger partial charge in [-0.3, -0.25) is 9.59 Å². The Labute approximate surface area is 108 Å². The molecule has 0 radical (unpaired) electrons. The Kier molecular flexibility index (Phi) is 5.56. The lowest BCUT2D eigenvalue weighted by molar-refractivity contribution is -0.150. The average molecular weight is 258 g/mol. The van der Waals surface area contributed by atoms with Crippen molar-refractivity contribution in [3.8, 4) is 0 Å². The number of hydrogen-bond donors (Lipinski definition) is 1. The molecule has 2 amide bonds. The molecule has 0 saturated carbocycles. The third-order valence-electron chi connectivity index (χ3n) is 3.17. The summed E-state index contributed by atoms with van der Waals surface area (Å²) < 4.78 is 12.6. The van der Waals surface area contributed by atoms with Crippen LogP contribution in [0.5, 0.6) is 0 Å². The highest BCUT2D eigenvalue weighted by Crippen LogP contribution is 2.19. The van der Waals surface area contributed by atoms with Crippen molar-refractivity contribution in [2.75, 3.05) is 13.2 Å². The Morgan fingerprint density at radius 1 is 1.39 bits per heavy atom. The quantitative estimate of drug-likeness (QED) is 0.785. The molecule has 0 aromatic rings. The molecule has 2 unspecified atom stereocenters. The van der Waals surface area contributed by atoms with Gasteiger partial charge >= 0.3 is 0 Å². The summed E-state index contributed by atoms with van der Waals surface area (Å²) in [6, 6.07) is -0.987. The van der Waals surface area contributed by atoms with E-state index in [0.717, 1.165) is 6.42 Å². The second-order valence-electron chi connectivity index (χ2n) is 5.22. The van der Waals surface area contributed by atoms with E-state index in [0.29, 0.717) is 18.8 Å². The molecule has 1 rings (SSSR count). The number of hydrogen-bond acceptors (Lipinski definition) is 2. The maximum absolute atomic E-state index is 12.6. The van der Waals surface area contributed by atoms with Crippen molar-refractivity contribution in [2.45, 2.75) is 52.1 Å². The van der Waals surface area contributed by atoms with Crippen molar-refractivity contribution < 1.29 is 14.0 Å². The summed E-state index contributed by atoms with van der Waals surface area (Å²) in [5, 5.41) is 2.76. The first-order chi connectivity index (χ1) is 8.51. The maximum Gasteiger partial charge on any atom is 0.245 e. The van der Waals surface area contributed by atoms with Crippen LogP contribution in [0.2, 0.25) is 0 Å². The van der Waals surface area contributed by atoms with Crippen LogP contribution in [0.25, 0.3) is 0 Å². The van der Waals surface area contributed by atoms with Gasteiger partial charge in [-0.1, -0.05) is 27.2 Å². The van der Waals surface area contributed by atoms with Crippen LogP contribution in [0.4, 0.5) is 4.39 Å². The van der Waals surface area contributed by atoms with Crippen molar-refractivity contribution in [2.24, 2.45) is 5.92 Å². The Bertz CT molecular complexity index is 307. The lowest BCUT2D eigenvalue weighted by Crippen LogP contribution is -2.63. The highest BCUT2D eigenvalue weighted by atomic mass is 19.1. The van der Waals surface area contributed by atoms with Gasteiger partial charge in [-0.25, -0.2) is 4.39 Å². The van der Waals surface area contributed by atoms with Crippen LogP contribution in [0.15, 0.2) is 0 Å². The first kappa shape index (κ1) is 14.9. The third kappa shape index (κ3) is 3.43. The summed E-state index contributed by atoms with van der Waals surface area (Å²) in [6.45, 7) is 5.35. The Balaban J connectivity index is 2.84. The fraction of sp³-hybridized carbons (Fsp3) is 0.846. The van der Waals surface area contributed by atoms with E-state index in [1.54, 1.807) is 0 Å². The second-order valence-corrected chi connectivity index (χ2v) is 5.22. The molecule has 1 fully saturated rings. The van der Waals surface area contributed by atoms with Gasteiger partial charge in [0.25, 0.3) is 0 Å². The molecule has 0 bridgehead atoms. The van der Waals surface area contributed by atoms with E-state index < -0.39 is 18.8 Å². The van der Waals surface area contributed by atoms with Gasteiger partial charge in [0.15, 0.2) is 0 Å².